The minimum absolute atomic E-state index is 0.0797. The van der Waals surface area contributed by atoms with Gasteiger partial charge in [-0.15, -0.1) is 0 Å². The molecular formula is C31H43N. The van der Waals surface area contributed by atoms with Crippen molar-refractivity contribution in [2.24, 2.45) is 11.3 Å². The lowest BCUT2D eigenvalue weighted by Gasteiger charge is -2.36. The standard InChI is InChI=1S/C31H43N/c1-4-6-7-8-9-10-26-11-13-27(14-12-26)28-15-17-29(18-16-28)30-19-21-31(24-32,22-20-30)23-25(3)5-2/h11-18,25,30H,4-10,19-23H2,1-3H3/t25-,30-,31-/m1/s1. The Morgan fingerprint density at radius 2 is 1.47 bits per heavy atom. The van der Waals surface area contributed by atoms with Gasteiger partial charge in [0.2, 0.25) is 0 Å². The molecule has 2 aromatic rings. The summed E-state index contributed by atoms with van der Waals surface area (Å²) in [5, 5.41) is 9.86. The van der Waals surface area contributed by atoms with E-state index in [0.717, 1.165) is 32.1 Å². The topological polar surface area (TPSA) is 23.8 Å². The molecule has 0 amide bonds. The molecule has 1 heteroatoms. The van der Waals surface area contributed by atoms with Gasteiger partial charge in [0.05, 0.1) is 11.5 Å². The smallest absolute Gasteiger partial charge is 0.0689 e. The van der Waals surface area contributed by atoms with E-state index in [1.54, 1.807) is 0 Å². The number of aryl methyl sites for hydroxylation is 1. The number of hydrogen-bond donors (Lipinski definition) is 0. The highest BCUT2D eigenvalue weighted by Crippen LogP contribution is 2.46. The Hall–Kier alpha value is -2.07. The summed E-state index contributed by atoms with van der Waals surface area (Å²) in [5.74, 6) is 1.26. The molecule has 1 fully saturated rings. The molecule has 0 bridgehead atoms. The summed E-state index contributed by atoms with van der Waals surface area (Å²) in [4.78, 5) is 0. The minimum atomic E-state index is -0.0797. The predicted molar refractivity (Wildman–Crippen MR) is 138 cm³/mol. The Kier molecular flexibility index (Phi) is 9.40. The van der Waals surface area contributed by atoms with Crippen LogP contribution in [-0.4, -0.2) is 0 Å². The first-order chi connectivity index (χ1) is 15.6. The van der Waals surface area contributed by atoms with Crippen LogP contribution in [0.25, 0.3) is 11.1 Å². The van der Waals surface area contributed by atoms with Crippen LogP contribution in [0.2, 0.25) is 0 Å². The third-order valence-corrected chi connectivity index (χ3v) is 7.85. The lowest BCUT2D eigenvalue weighted by Crippen LogP contribution is -2.27. The fraction of sp³-hybridized carbons (Fsp3) is 0.581. The lowest BCUT2D eigenvalue weighted by atomic mass is 9.66. The molecule has 3 rings (SSSR count). The molecular weight excluding hydrogens is 386 g/mol. The second kappa shape index (κ2) is 12.2. The molecule has 0 aromatic heterocycles. The van der Waals surface area contributed by atoms with E-state index in [2.05, 4.69) is 75.4 Å². The predicted octanol–water partition coefficient (Wildman–Crippen LogP) is 9.47. The van der Waals surface area contributed by atoms with E-state index in [-0.39, 0.29) is 5.41 Å². The molecule has 0 radical (unpaired) electrons. The summed E-state index contributed by atoms with van der Waals surface area (Å²) in [7, 11) is 0. The largest absolute Gasteiger partial charge is 0.198 e. The molecule has 2 aromatic carbocycles. The van der Waals surface area contributed by atoms with E-state index in [4.69, 9.17) is 0 Å². The molecule has 0 N–H and O–H groups in total. The Bertz CT molecular complexity index is 832. The van der Waals surface area contributed by atoms with Crippen molar-refractivity contribution >= 4 is 0 Å². The zero-order valence-electron chi connectivity index (χ0n) is 20.7. The number of rotatable bonds is 11. The van der Waals surface area contributed by atoms with Gasteiger partial charge in [-0.05, 0) is 79.0 Å². The summed E-state index contributed by atoms with van der Waals surface area (Å²) in [6, 6.07) is 21.1. The van der Waals surface area contributed by atoms with Gasteiger partial charge in [-0.2, -0.15) is 5.26 Å². The molecule has 1 atom stereocenters. The molecule has 0 heterocycles. The van der Waals surface area contributed by atoms with E-state index in [0.29, 0.717) is 11.8 Å². The van der Waals surface area contributed by atoms with Crippen molar-refractivity contribution in [2.75, 3.05) is 0 Å². The number of nitrogens with zero attached hydrogens (tertiary/aromatic N) is 1. The van der Waals surface area contributed by atoms with Crippen molar-refractivity contribution in [3.05, 3.63) is 59.7 Å². The highest BCUT2D eigenvalue weighted by molar-refractivity contribution is 5.64. The molecule has 0 spiro atoms. The van der Waals surface area contributed by atoms with Gasteiger partial charge in [0.1, 0.15) is 0 Å². The Morgan fingerprint density at radius 3 is 2.03 bits per heavy atom. The van der Waals surface area contributed by atoms with Crippen LogP contribution in [0.4, 0.5) is 0 Å². The fourth-order valence-electron chi connectivity index (χ4n) is 5.42. The summed E-state index contributed by atoms with van der Waals surface area (Å²) in [6.45, 7) is 6.81. The molecule has 1 aliphatic carbocycles. The number of benzene rings is 2. The molecule has 0 aliphatic heterocycles. The van der Waals surface area contributed by atoms with E-state index >= 15 is 0 Å². The van der Waals surface area contributed by atoms with Crippen LogP contribution in [0.5, 0.6) is 0 Å². The van der Waals surface area contributed by atoms with Gasteiger partial charge in [-0.3, -0.25) is 0 Å². The van der Waals surface area contributed by atoms with E-state index in [9.17, 15) is 5.26 Å². The van der Waals surface area contributed by atoms with Gasteiger partial charge in [-0.25, -0.2) is 0 Å². The van der Waals surface area contributed by atoms with Crippen molar-refractivity contribution in [1.29, 1.82) is 5.26 Å². The number of unbranched alkanes of at least 4 members (excludes halogenated alkanes) is 4. The maximum Gasteiger partial charge on any atom is 0.0689 e. The van der Waals surface area contributed by atoms with E-state index in [1.807, 2.05) is 0 Å². The Morgan fingerprint density at radius 1 is 0.875 bits per heavy atom. The van der Waals surface area contributed by atoms with Crippen LogP contribution in [0, 0.1) is 22.7 Å². The van der Waals surface area contributed by atoms with Crippen LogP contribution in [-0.2, 0) is 6.42 Å². The summed E-state index contributed by atoms with van der Waals surface area (Å²) in [6.07, 6.45) is 14.6. The highest BCUT2D eigenvalue weighted by atomic mass is 14.4. The van der Waals surface area contributed by atoms with Gasteiger partial charge in [0.25, 0.3) is 0 Å². The highest BCUT2D eigenvalue weighted by Gasteiger charge is 2.36. The average molecular weight is 430 g/mol. The SMILES string of the molecule is CCCCCCCc1ccc(-c2ccc([C@H]3CC[C@@](C#N)(C[C@H](C)CC)CC3)cc2)cc1. The molecule has 1 saturated carbocycles. The van der Waals surface area contributed by atoms with Gasteiger partial charge in [0.15, 0.2) is 0 Å². The summed E-state index contributed by atoms with van der Waals surface area (Å²) < 4.78 is 0. The maximum atomic E-state index is 9.86. The van der Waals surface area contributed by atoms with Crippen LogP contribution in [0.15, 0.2) is 48.5 Å². The van der Waals surface area contributed by atoms with Crippen molar-refractivity contribution < 1.29 is 0 Å². The molecule has 0 unspecified atom stereocenters. The summed E-state index contributed by atoms with van der Waals surface area (Å²) in [5.41, 5.74) is 5.45. The van der Waals surface area contributed by atoms with E-state index in [1.165, 1.54) is 67.2 Å². The van der Waals surface area contributed by atoms with Crippen molar-refractivity contribution in [3.63, 3.8) is 0 Å². The Labute approximate surface area is 197 Å². The first kappa shape index (κ1) is 24.6. The zero-order chi connectivity index (χ0) is 22.8. The Balaban J connectivity index is 1.54. The second-order valence-corrected chi connectivity index (χ2v) is 10.4. The molecule has 172 valence electrons. The van der Waals surface area contributed by atoms with Gasteiger partial charge in [0, 0.05) is 0 Å². The van der Waals surface area contributed by atoms with Crippen LogP contribution < -0.4 is 0 Å². The first-order valence-electron chi connectivity index (χ1n) is 13.2. The van der Waals surface area contributed by atoms with Crippen LogP contribution in [0.3, 0.4) is 0 Å². The van der Waals surface area contributed by atoms with Crippen molar-refractivity contribution in [3.8, 4) is 17.2 Å². The van der Waals surface area contributed by atoms with Gasteiger partial charge in [-0.1, -0.05) is 101 Å². The number of hydrogen-bond acceptors (Lipinski definition) is 1. The van der Waals surface area contributed by atoms with Crippen molar-refractivity contribution in [2.45, 2.75) is 104 Å². The molecule has 1 nitrogen and oxygen atoms in total. The quantitative estimate of drug-likeness (QED) is 0.326. The maximum absolute atomic E-state index is 9.86. The van der Waals surface area contributed by atoms with Crippen LogP contribution in [0.1, 0.15) is 108 Å². The third-order valence-electron chi connectivity index (χ3n) is 7.85. The fourth-order valence-corrected chi connectivity index (χ4v) is 5.42. The third kappa shape index (κ3) is 6.71. The molecule has 0 saturated heterocycles. The average Bonchev–Trinajstić information content (AvgIpc) is 2.85. The van der Waals surface area contributed by atoms with Gasteiger partial charge < -0.3 is 0 Å². The van der Waals surface area contributed by atoms with E-state index < -0.39 is 0 Å². The monoisotopic (exact) mass is 429 g/mol. The minimum Gasteiger partial charge on any atom is -0.198 e. The zero-order valence-corrected chi connectivity index (χ0v) is 20.7. The van der Waals surface area contributed by atoms with Crippen LogP contribution >= 0.6 is 0 Å². The van der Waals surface area contributed by atoms with Gasteiger partial charge >= 0.3 is 0 Å². The lowest BCUT2D eigenvalue weighted by molar-refractivity contribution is 0.198. The number of nitriles is 1. The first-order valence-corrected chi connectivity index (χ1v) is 13.2. The summed E-state index contributed by atoms with van der Waals surface area (Å²) >= 11 is 0. The molecule has 1 aliphatic rings. The normalized spacial score (nSPS) is 21.8. The molecule has 32 heavy (non-hydrogen) atoms. The van der Waals surface area contributed by atoms with Crippen molar-refractivity contribution in [1.82, 2.24) is 0 Å². The second-order valence-electron chi connectivity index (χ2n) is 10.4.